The Kier molecular flexibility index (Phi) is 7.38. The molecule has 1 heterocycles. The van der Waals surface area contributed by atoms with E-state index in [1.807, 2.05) is 11.8 Å². The van der Waals surface area contributed by atoms with E-state index in [0.29, 0.717) is 36.8 Å². The lowest BCUT2D eigenvalue weighted by molar-refractivity contribution is 0.0532. The van der Waals surface area contributed by atoms with Crippen molar-refractivity contribution in [3.63, 3.8) is 0 Å². The third-order valence-electron chi connectivity index (χ3n) is 4.36. The van der Waals surface area contributed by atoms with Crippen LogP contribution in [0.15, 0.2) is 16.6 Å². The monoisotopic (exact) mass is 420 g/mol. The summed E-state index contributed by atoms with van der Waals surface area (Å²) in [5, 5.41) is 0. The third-order valence-corrected chi connectivity index (χ3v) is 4.95. The van der Waals surface area contributed by atoms with Crippen molar-refractivity contribution in [2.24, 2.45) is 11.1 Å². The van der Waals surface area contributed by atoms with E-state index in [4.69, 9.17) is 15.2 Å². The van der Waals surface area contributed by atoms with E-state index in [-0.39, 0.29) is 29.8 Å². The van der Waals surface area contributed by atoms with Crippen molar-refractivity contribution in [1.82, 2.24) is 4.90 Å². The lowest BCUT2D eigenvalue weighted by Gasteiger charge is -2.42. The largest absolute Gasteiger partial charge is 0.493 e. The van der Waals surface area contributed by atoms with E-state index in [0.717, 1.165) is 10.9 Å². The molecular weight excluding hydrogens is 396 g/mol. The summed E-state index contributed by atoms with van der Waals surface area (Å²) in [5.41, 5.74) is 6.66. The topological polar surface area (TPSA) is 64.8 Å². The molecule has 0 saturated carbocycles. The molecule has 1 aliphatic heterocycles. The normalized spacial score (nSPS) is 19.4. The second-order valence-electron chi connectivity index (χ2n) is 6.53. The summed E-state index contributed by atoms with van der Waals surface area (Å²) >= 11 is 3.47. The second-order valence-corrected chi connectivity index (χ2v) is 7.39. The average Bonchev–Trinajstić information content (AvgIpc) is 2.51. The lowest BCUT2D eigenvalue weighted by atomic mass is 9.79. The molecule has 1 atom stereocenters. The molecule has 0 aliphatic carbocycles. The first-order chi connectivity index (χ1) is 10.8. The predicted molar refractivity (Wildman–Crippen MR) is 101 cm³/mol. The van der Waals surface area contributed by atoms with Crippen LogP contribution in [0.25, 0.3) is 0 Å². The Morgan fingerprint density at radius 2 is 2.12 bits per heavy atom. The van der Waals surface area contributed by atoms with E-state index < -0.39 is 0 Å². The summed E-state index contributed by atoms with van der Waals surface area (Å²) in [7, 11) is 1.57. The smallest absolute Gasteiger partial charge is 0.254 e. The fourth-order valence-electron chi connectivity index (χ4n) is 2.86. The molecular formula is C17H26BrClN2O3. The van der Waals surface area contributed by atoms with E-state index >= 15 is 0 Å². The molecule has 24 heavy (non-hydrogen) atoms. The van der Waals surface area contributed by atoms with Gasteiger partial charge in [0, 0.05) is 24.7 Å². The Morgan fingerprint density at radius 1 is 1.46 bits per heavy atom. The summed E-state index contributed by atoms with van der Waals surface area (Å²) in [6.07, 6.45) is 0.814. The van der Waals surface area contributed by atoms with Crippen molar-refractivity contribution in [2.45, 2.75) is 33.2 Å². The van der Waals surface area contributed by atoms with Gasteiger partial charge in [-0.3, -0.25) is 4.79 Å². The van der Waals surface area contributed by atoms with Gasteiger partial charge in [0.2, 0.25) is 0 Å². The molecule has 0 aromatic heterocycles. The number of nitrogens with two attached hydrogens (primary N) is 1. The standard InChI is InChI=1S/C17H25BrN2O3.ClH/c1-5-23-15-12(18)8-11(9-13(15)22-4)16(21)20-7-6-14(19)17(2,3)10-20;/h8-9,14H,5-7,10,19H2,1-4H3;1H. The number of piperidine rings is 1. The highest BCUT2D eigenvalue weighted by atomic mass is 79.9. The SMILES string of the molecule is CCOc1c(Br)cc(C(=O)N2CCC(N)C(C)(C)C2)cc1OC.Cl. The van der Waals surface area contributed by atoms with Gasteiger partial charge in [-0.15, -0.1) is 12.4 Å². The molecule has 1 unspecified atom stereocenters. The maximum atomic E-state index is 12.9. The molecule has 2 rings (SSSR count). The number of amides is 1. The van der Waals surface area contributed by atoms with E-state index in [1.165, 1.54) is 0 Å². The van der Waals surface area contributed by atoms with Gasteiger partial charge in [-0.2, -0.15) is 0 Å². The number of nitrogens with zero attached hydrogens (tertiary/aromatic N) is 1. The molecule has 1 aromatic carbocycles. The molecule has 1 saturated heterocycles. The third kappa shape index (κ3) is 4.35. The molecule has 2 N–H and O–H groups in total. The minimum absolute atomic E-state index is 0. The summed E-state index contributed by atoms with van der Waals surface area (Å²) in [5.74, 6) is 1.16. The molecule has 7 heteroatoms. The molecule has 1 aromatic rings. The fraction of sp³-hybridized carbons (Fsp3) is 0.588. The first-order valence-electron chi connectivity index (χ1n) is 7.85. The molecule has 1 amide bonds. The lowest BCUT2D eigenvalue weighted by Crippen LogP contribution is -2.54. The van der Waals surface area contributed by atoms with Crippen molar-refractivity contribution in [1.29, 1.82) is 0 Å². The van der Waals surface area contributed by atoms with Crippen LogP contribution in [0.4, 0.5) is 0 Å². The summed E-state index contributed by atoms with van der Waals surface area (Å²) in [4.78, 5) is 14.7. The van der Waals surface area contributed by atoms with Crippen molar-refractivity contribution in [2.75, 3.05) is 26.8 Å². The second kappa shape index (κ2) is 8.41. The van der Waals surface area contributed by atoms with Crippen molar-refractivity contribution >= 4 is 34.2 Å². The Morgan fingerprint density at radius 3 is 2.67 bits per heavy atom. The molecule has 5 nitrogen and oxygen atoms in total. The number of benzene rings is 1. The van der Waals surface area contributed by atoms with Crippen LogP contribution in [0.3, 0.4) is 0 Å². The van der Waals surface area contributed by atoms with Crippen molar-refractivity contribution in [3.8, 4) is 11.5 Å². The zero-order valence-corrected chi connectivity index (χ0v) is 17.0. The first kappa shape index (κ1) is 21.1. The van der Waals surface area contributed by atoms with Gasteiger partial charge in [-0.05, 0) is 46.8 Å². The molecule has 0 bridgehead atoms. The van der Waals surface area contributed by atoms with Crippen LogP contribution >= 0.6 is 28.3 Å². The fourth-order valence-corrected chi connectivity index (χ4v) is 3.41. The molecule has 0 spiro atoms. The van der Waals surface area contributed by atoms with E-state index in [1.54, 1.807) is 19.2 Å². The number of carbonyl (C=O) groups excluding carboxylic acids is 1. The summed E-state index contributed by atoms with van der Waals surface area (Å²) in [6, 6.07) is 3.64. The zero-order valence-electron chi connectivity index (χ0n) is 14.6. The van der Waals surface area contributed by atoms with Crippen LogP contribution in [0.1, 0.15) is 37.6 Å². The quantitative estimate of drug-likeness (QED) is 0.808. The summed E-state index contributed by atoms with van der Waals surface area (Å²) in [6.45, 7) is 7.97. The highest BCUT2D eigenvalue weighted by Gasteiger charge is 2.35. The van der Waals surface area contributed by atoms with Gasteiger partial charge in [0.15, 0.2) is 11.5 Å². The number of likely N-dealkylation sites (tertiary alicyclic amines) is 1. The molecule has 0 radical (unpaired) electrons. The maximum Gasteiger partial charge on any atom is 0.254 e. The summed E-state index contributed by atoms with van der Waals surface area (Å²) < 4.78 is 11.7. The van der Waals surface area contributed by atoms with Crippen LogP contribution in [0.5, 0.6) is 11.5 Å². The van der Waals surface area contributed by atoms with Gasteiger partial charge in [0.25, 0.3) is 5.91 Å². The number of methoxy groups -OCH3 is 1. The number of hydrogen-bond acceptors (Lipinski definition) is 4. The Balaban J connectivity index is 0.00000288. The molecule has 1 aliphatic rings. The van der Waals surface area contributed by atoms with Crippen LogP contribution in [0.2, 0.25) is 0 Å². The first-order valence-corrected chi connectivity index (χ1v) is 8.64. The minimum atomic E-state index is -0.0828. The zero-order chi connectivity index (χ0) is 17.2. The maximum absolute atomic E-state index is 12.9. The Labute approximate surface area is 158 Å². The van der Waals surface area contributed by atoms with E-state index in [2.05, 4.69) is 29.8 Å². The van der Waals surface area contributed by atoms with Gasteiger partial charge in [0.05, 0.1) is 18.2 Å². The number of rotatable bonds is 4. The van der Waals surface area contributed by atoms with Crippen LogP contribution in [-0.2, 0) is 0 Å². The van der Waals surface area contributed by atoms with Crippen LogP contribution < -0.4 is 15.2 Å². The number of ether oxygens (including phenoxy) is 2. The Bertz CT molecular complexity index is 595. The Hall–Kier alpha value is -0.980. The van der Waals surface area contributed by atoms with Gasteiger partial charge in [-0.25, -0.2) is 0 Å². The van der Waals surface area contributed by atoms with Crippen molar-refractivity contribution in [3.05, 3.63) is 22.2 Å². The van der Waals surface area contributed by atoms with Gasteiger partial charge < -0.3 is 20.1 Å². The average molecular weight is 422 g/mol. The minimum Gasteiger partial charge on any atom is -0.493 e. The highest BCUT2D eigenvalue weighted by molar-refractivity contribution is 9.10. The molecule has 136 valence electrons. The number of carbonyl (C=O) groups is 1. The van der Waals surface area contributed by atoms with Gasteiger partial charge in [0.1, 0.15) is 0 Å². The van der Waals surface area contributed by atoms with E-state index in [9.17, 15) is 4.79 Å². The van der Waals surface area contributed by atoms with Crippen molar-refractivity contribution < 1.29 is 14.3 Å². The molecule has 1 fully saturated rings. The predicted octanol–water partition coefficient (Wildman–Crippen LogP) is 3.48. The number of hydrogen-bond donors (Lipinski definition) is 1. The van der Waals surface area contributed by atoms with Gasteiger partial charge >= 0.3 is 0 Å². The van der Waals surface area contributed by atoms with Crippen LogP contribution in [0, 0.1) is 5.41 Å². The number of halogens is 2. The highest BCUT2D eigenvalue weighted by Crippen LogP contribution is 2.37. The van der Waals surface area contributed by atoms with Crippen LogP contribution in [-0.4, -0.2) is 43.7 Å². The van der Waals surface area contributed by atoms with Gasteiger partial charge in [-0.1, -0.05) is 13.8 Å².